The van der Waals surface area contributed by atoms with Crippen LogP contribution in [0.15, 0.2) is 28.7 Å². The molecule has 0 aliphatic carbocycles. The monoisotopic (exact) mass is 315 g/mol. The lowest BCUT2D eigenvalue weighted by Crippen LogP contribution is -2.23. The van der Waals surface area contributed by atoms with Crippen molar-refractivity contribution in [2.75, 3.05) is 33.5 Å². The van der Waals surface area contributed by atoms with Crippen LogP contribution in [-0.4, -0.2) is 33.5 Å². The predicted octanol–water partition coefficient (Wildman–Crippen LogP) is 3.15. The van der Waals surface area contributed by atoms with Gasteiger partial charge in [-0.2, -0.15) is 0 Å². The van der Waals surface area contributed by atoms with E-state index in [1.165, 1.54) is 5.56 Å². The minimum Gasteiger partial charge on any atom is -0.385 e. The molecule has 1 aromatic carbocycles. The molecule has 1 atom stereocenters. The number of benzene rings is 1. The molecule has 0 aliphatic heterocycles. The third-order valence-corrected chi connectivity index (χ3v) is 3.18. The van der Waals surface area contributed by atoms with Crippen molar-refractivity contribution in [3.8, 4) is 0 Å². The molecule has 18 heavy (non-hydrogen) atoms. The zero-order chi connectivity index (χ0) is 13.2. The largest absolute Gasteiger partial charge is 0.385 e. The maximum Gasteiger partial charge on any atom is 0.0591 e. The molecule has 0 bridgehead atoms. The molecule has 4 heteroatoms. The quantitative estimate of drug-likeness (QED) is 0.710. The molecular formula is C14H22BrNO2. The van der Waals surface area contributed by atoms with E-state index in [9.17, 15) is 0 Å². The van der Waals surface area contributed by atoms with Crippen molar-refractivity contribution in [3.05, 3.63) is 34.3 Å². The standard InChI is InChI=1S/C14H22BrNO2/c1-12(13-5-3-6-14(15)11-13)16-7-10-18-9-4-8-17-2/h3,5-6,11-12,16H,4,7-10H2,1-2H3/t12-/m1/s1. The molecule has 1 N–H and O–H groups in total. The van der Waals surface area contributed by atoms with Gasteiger partial charge in [0.1, 0.15) is 0 Å². The van der Waals surface area contributed by atoms with E-state index in [1.54, 1.807) is 7.11 Å². The van der Waals surface area contributed by atoms with Gasteiger partial charge in [0, 0.05) is 37.4 Å². The lowest BCUT2D eigenvalue weighted by Gasteiger charge is -2.14. The van der Waals surface area contributed by atoms with Gasteiger partial charge >= 0.3 is 0 Å². The van der Waals surface area contributed by atoms with E-state index in [1.807, 2.05) is 6.07 Å². The van der Waals surface area contributed by atoms with Crippen molar-refractivity contribution in [2.45, 2.75) is 19.4 Å². The van der Waals surface area contributed by atoms with Gasteiger partial charge < -0.3 is 14.8 Å². The van der Waals surface area contributed by atoms with E-state index in [2.05, 4.69) is 46.4 Å². The van der Waals surface area contributed by atoms with Crippen LogP contribution in [0.1, 0.15) is 24.9 Å². The van der Waals surface area contributed by atoms with Crippen LogP contribution in [0.3, 0.4) is 0 Å². The molecule has 0 fully saturated rings. The number of rotatable bonds is 9. The lowest BCUT2D eigenvalue weighted by atomic mass is 10.1. The number of methoxy groups -OCH3 is 1. The second-order valence-electron chi connectivity index (χ2n) is 4.19. The van der Waals surface area contributed by atoms with E-state index in [0.717, 1.165) is 37.3 Å². The summed E-state index contributed by atoms with van der Waals surface area (Å²) in [5, 5.41) is 3.44. The molecule has 0 spiro atoms. The van der Waals surface area contributed by atoms with E-state index >= 15 is 0 Å². The molecule has 1 aromatic rings. The first-order valence-corrected chi connectivity index (χ1v) is 7.09. The van der Waals surface area contributed by atoms with Crippen molar-refractivity contribution in [1.29, 1.82) is 0 Å². The third-order valence-electron chi connectivity index (χ3n) is 2.68. The number of nitrogens with one attached hydrogen (secondary N) is 1. The zero-order valence-electron chi connectivity index (χ0n) is 11.1. The molecule has 3 nitrogen and oxygen atoms in total. The summed E-state index contributed by atoms with van der Waals surface area (Å²) in [6, 6.07) is 8.69. The molecule has 0 heterocycles. The van der Waals surface area contributed by atoms with Crippen LogP contribution in [0.4, 0.5) is 0 Å². The summed E-state index contributed by atoms with van der Waals surface area (Å²) in [7, 11) is 1.71. The molecular weight excluding hydrogens is 294 g/mol. The first kappa shape index (κ1) is 15.6. The summed E-state index contributed by atoms with van der Waals surface area (Å²) in [5.41, 5.74) is 1.28. The number of hydrogen-bond acceptors (Lipinski definition) is 3. The molecule has 0 saturated heterocycles. The maximum atomic E-state index is 5.49. The Balaban J connectivity index is 2.12. The highest BCUT2D eigenvalue weighted by Crippen LogP contribution is 2.17. The van der Waals surface area contributed by atoms with Gasteiger partial charge in [0.15, 0.2) is 0 Å². The van der Waals surface area contributed by atoms with Crippen LogP contribution in [0.25, 0.3) is 0 Å². The second-order valence-corrected chi connectivity index (χ2v) is 5.11. The Bertz CT molecular complexity index is 333. The van der Waals surface area contributed by atoms with Crippen molar-refractivity contribution in [1.82, 2.24) is 5.32 Å². The van der Waals surface area contributed by atoms with Crippen molar-refractivity contribution >= 4 is 15.9 Å². The third kappa shape index (κ3) is 6.50. The summed E-state index contributed by atoms with van der Waals surface area (Å²) in [5.74, 6) is 0. The van der Waals surface area contributed by atoms with Crippen LogP contribution >= 0.6 is 15.9 Å². The summed E-state index contributed by atoms with van der Waals surface area (Å²) in [6.07, 6.45) is 0.956. The molecule has 0 radical (unpaired) electrons. The highest BCUT2D eigenvalue weighted by atomic mass is 79.9. The van der Waals surface area contributed by atoms with Crippen LogP contribution in [-0.2, 0) is 9.47 Å². The van der Waals surface area contributed by atoms with Gasteiger partial charge in [-0.1, -0.05) is 28.1 Å². The van der Waals surface area contributed by atoms with Crippen LogP contribution < -0.4 is 5.32 Å². The molecule has 0 aromatic heterocycles. The summed E-state index contributed by atoms with van der Waals surface area (Å²) in [4.78, 5) is 0. The van der Waals surface area contributed by atoms with Crippen molar-refractivity contribution in [3.63, 3.8) is 0 Å². The van der Waals surface area contributed by atoms with Gasteiger partial charge in [-0.05, 0) is 31.0 Å². The number of hydrogen-bond donors (Lipinski definition) is 1. The van der Waals surface area contributed by atoms with Gasteiger partial charge in [0.2, 0.25) is 0 Å². The van der Waals surface area contributed by atoms with Crippen LogP contribution in [0, 0.1) is 0 Å². The second kappa shape index (κ2) is 9.50. The first-order chi connectivity index (χ1) is 8.74. The highest BCUT2D eigenvalue weighted by Gasteiger charge is 2.04. The summed E-state index contributed by atoms with van der Waals surface area (Å²) < 4.78 is 11.6. The normalized spacial score (nSPS) is 12.6. The van der Waals surface area contributed by atoms with Crippen molar-refractivity contribution < 1.29 is 9.47 Å². The Morgan fingerprint density at radius 3 is 2.83 bits per heavy atom. The lowest BCUT2D eigenvalue weighted by molar-refractivity contribution is 0.103. The Morgan fingerprint density at radius 2 is 2.11 bits per heavy atom. The fraction of sp³-hybridized carbons (Fsp3) is 0.571. The Hall–Kier alpha value is -0.420. The molecule has 0 amide bonds. The van der Waals surface area contributed by atoms with Crippen LogP contribution in [0.5, 0.6) is 0 Å². The first-order valence-electron chi connectivity index (χ1n) is 6.29. The van der Waals surface area contributed by atoms with Gasteiger partial charge in [-0.3, -0.25) is 0 Å². The van der Waals surface area contributed by atoms with Crippen LogP contribution in [0.2, 0.25) is 0 Å². The number of halogens is 1. The topological polar surface area (TPSA) is 30.5 Å². The van der Waals surface area contributed by atoms with Gasteiger partial charge in [0.25, 0.3) is 0 Å². The van der Waals surface area contributed by atoms with E-state index in [0.29, 0.717) is 6.04 Å². The average molecular weight is 316 g/mol. The van der Waals surface area contributed by atoms with E-state index in [4.69, 9.17) is 9.47 Å². The van der Waals surface area contributed by atoms with E-state index in [-0.39, 0.29) is 0 Å². The SMILES string of the molecule is COCCCOCCN[C@H](C)c1cccc(Br)c1. The zero-order valence-corrected chi connectivity index (χ0v) is 12.7. The highest BCUT2D eigenvalue weighted by molar-refractivity contribution is 9.10. The minimum atomic E-state index is 0.338. The van der Waals surface area contributed by atoms with Crippen molar-refractivity contribution in [2.24, 2.45) is 0 Å². The fourth-order valence-corrected chi connectivity index (χ4v) is 2.07. The molecule has 0 unspecified atom stereocenters. The van der Waals surface area contributed by atoms with Gasteiger partial charge in [-0.25, -0.2) is 0 Å². The molecule has 0 aliphatic rings. The Kier molecular flexibility index (Phi) is 8.25. The predicted molar refractivity (Wildman–Crippen MR) is 77.9 cm³/mol. The van der Waals surface area contributed by atoms with Gasteiger partial charge in [0.05, 0.1) is 6.61 Å². The van der Waals surface area contributed by atoms with E-state index < -0.39 is 0 Å². The number of ether oxygens (including phenoxy) is 2. The molecule has 1 rings (SSSR count). The summed E-state index contributed by atoms with van der Waals surface area (Å²) in [6.45, 7) is 5.29. The minimum absolute atomic E-state index is 0.338. The fourth-order valence-electron chi connectivity index (χ4n) is 1.65. The smallest absolute Gasteiger partial charge is 0.0591 e. The molecule has 102 valence electrons. The average Bonchev–Trinajstić information content (AvgIpc) is 2.37. The Labute approximate surface area is 118 Å². The Morgan fingerprint density at radius 1 is 1.28 bits per heavy atom. The summed E-state index contributed by atoms with van der Waals surface area (Å²) >= 11 is 3.48. The maximum absolute atomic E-state index is 5.49. The molecule has 0 saturated carbocycles. The van der Waals surface area contributed by atoms with Gasteiger partial charge in [-0.15, -0.1) is 0 Å².